The summed E-state index contributed by atoms with van der Waals surface area (Å²) in [6.45, 7) is 4.14. The van der Waals surface area contributed by atoms with Crippen LogP contribution < -0.4 is 5.73 Å². The first-order chi connectivity index (χ1) is 8.15. The molecule has 2 aromatic rings. The number of anilines is 1. The molecule has 1 aromatic carbocycles. The van der Waals surface area contributed by atoms with Crippen LogP contribution in [-0.4, -0.2) is 20.2 Å². The molecule has 1 atom stereocenters. The number of tetrazole rings is 1. The Labute approximate surface area is 105 Å². The molecule has 5 nitrogen and oxygen atoms in total. The fourth-order valence-electron chi connectivity index (χ4n) is 1.56. The van der Waals surface area contributed by atoms with E-state index in [4.69, 9.17) is 17.3 Å². The first-order valence-corrected chi connectivity index (χ1v) is 5.85. The lowest BCUT2D eigenvalue weighted by molar-refractivity contribution is 0.469. The molecule has 0 saturated carbocycles. The van der Waals surface area contributed by atoms with E-state index in [2.05, 4.69) is 29.4 Å². The van der Waals surface area contributed by atoms with Crippen LogP contribution in [0.3, 0.4) is 0 Å². The second-order valence-electron chi connectivity index (χ2n) is 3.91. The molecule has 0 aliphatic rings. The van der Waals surface area contributed by atoms with E-state index in [-0.39, 0.29) is 6.04 Å². The standard InChI is InChI=1S/C11H14ClN5/c1-3-7(2)17-11(14-15-16-17)8-5-4-6-9(13)10(8)12/h4-7H,3,13H2,1-2H3. The minimum atomic E-state index is 0.220. The zero-order valence-electron chi connectivity index (χ0n) is 9.76. The molecule has 1 aromatic heterocycles. The first-order valence-electron chi connectivity index (χ1n) is 5.47. The van der Waals surface area contributed by atoms with Crippen LogP contribution in [0.25, 0.3) is 11.4 Å². The molecule has 2 rings (SSSR count). The van der Waals surface area contributed by atoms with Crippen molar-refractivity contribution < 1.29 is 0 Å². The van der Waals surface area contributed by atoms with Crippen molar-refractivity contribution in [1.82, 2.24) is 20.2 Å². The molecule has 0 spiro atoms. The minimum Gasteiger partial charge on any atom is -0.398 e. The van der Waals surface area contributed by atoms with E-state index in [9.17, 15) is 0 Å². The highest BCUT2D eigenvalue weighted by Crippen LogP contribution is 2.31. The summed E-state index contributed by atoms with van der Waals surface area (Å²) in [6, 6.07) is 5.68. The zero-order valence-corrected chi connectivity index (χ0v) is 10.5. The van der Waals surface area contributed by atoms with Crippen LogP contribution in [0.1, 0.15) is 26.3 Å². The third-order valence-electron chi connectivity index (χ3n) is 2.77. The monoisotopic (exact) mass is 251 g/mol. The number of nitrogens with two attached hydrogens (primary N) is 1. The Morgan fingerprint density at radius 1 is 1.47 bits per heavy atom. The number of hydrogen-bond acceptors (Lipinski definition) is 4. The Kier molecular flexibility index (Phi) is 3.28. The van der Waals surface area contributed by atoms with E-state index in [1.807, 2.05) is 12.1 Å². The van der Waals surface area contributed by atoms with E-state index in [1.165, 1.54) is 0 Å². The highest BCUT2D eigenvalue weighted by atomic mass is 35.5. The average Bonchev–Trinajstić information content (AvgIpc) is 2.80. The summed E-state index contributed by atoms with van der Waals surface area (Å²) in [4.78, 5) is 0. The van der Waals surface area contributed by atoms with Crippen LogP contribution in [0, 0.1) is 0 Å². The molecule has 0 aliphatic carbocycles. The lowest BCUT2D eigenvalue weighted by Crippen LogP contribution is -2.08. The highest BCUT2D eigenvalue weighted by molar-refractivity contribution is 6.35. The van der Waals surface area contributed by atoms with Gasteiger partial charge in [-0.2, -0.15) is 0 Å². The van der Waals surface area contributed by atoms with Gasteiger partial charge in [-0.3, -0.25) is 0 Å². The Balaban J connectivity index is 2.54. The third-order valence-corrected chi connectivity index (χ3v) is 3.19. The molecule has 1 heterocycles. The Morgan fingerprint density at radius 2 is 2.24 bits per heavy atom. The van der Waals surface area contributed by atoms with Gasteiger partial charge in [0.1, 0.15) is 0 Å². The number of halogens is 1. The molecular formula is C11H14ClN5. The second kappa shape index (κ2) is 4.71. The van der Waals surface area contributed by atoms with Gasteiger partial charge in [0.2, 0.25) is 0 Å². The molecular weight excluding hydrogens is 238 g/mol. The van der Waals surface area contributed by atoms with Crippen LogP contribution in [0.2, 0.25) is 5.02 Å². The predicted octanol–water partition coefficient (Wildman–Crippen LogP) is 2.55. The Bertz CT molecular complexity index is 522. The Hall–Kier alpha value is -1.62. The van der Waals surface area contributed by atoms with Crippen molar-refractivity contribution in [2.45, 2.75) is 26.3 Å². The Morgan fingerprint density at radius 3 is 2.94 bits per heavy atom. The quantitative estimate of drug-likeness (QED) is 0.851. The minimum absolute atomic E-state index is 0.220. The predicted molar refractivity (Wildman–Crippen MR) is 67.7 cm³/mol. The fourth-order valence-corrected chi connectivity index (χ4v) is 1.77. The maximum Gasteiger partial charge on any atom is 0.183 e. The lowest BCUT2D eigenvalue weighted by atomic mass is 10.1. The number of aromatic nitrogens is 4. The molecule has 0 saturated heterocycles. The van der Waals surface area contributed by atoms with E-state index in [0.717, 1.165) is 12.0 Å². The van der Waals surface area contributed by atoms with E-state index >= 15 is 0 Å². The third kappa shape index (κ3) is 2.10. The molecule has 0 amide bonds. The van der Waals surface area contributed by atoms with Crippen LogP contribution >= 0.6 is 11.6 Å². The number of nitrogens with zero attached hydrogens (tertiary/aromatic N) is 4. The second-order valence-corrected chi connectivity index (χ2v) is 4.29. The van der Waals surface area contributed by atoms with Crippen molar-refractivity contribution in [1.29, 1.82) is 0 Å². The van der Waals surface area contributed by atoms with Crippen molar-refractivity contribution in [2.24, 2.45) is 0 Å². The molecule has 0 aliphatic heterocycles. The summed E-state index contributed by atoms with van der Waals surface area (Å²) in [5.74, 6) is 0.650. The summed E-state index contributed by atoms with van der Waals surface area (Å²) in [7, 11) is 0. The van der Waals surface area contributed by atoms with Crippen molar-refractivity contribution >= 4 is 17.3 Å². The van der Waals surface area contributed by atoms with E-state index in [0.29, 0.717) is 16.5 Å². The van der Waals surface area contributed by atoms with Crippen molar-refractivity contribution in [3.05, 3.63) is 23.2 Å². The van der Waals surface area contributed by atoms with Gasteiger partial charge in [0.05, 0.1) is 16.8 Å². The highest BCUT2D eigenvalue weighted by Gasteiger charge is 2.16. The van der Waals surface area contributed by atoms with Gasteiger partial charge in [-0.05, 0) is 35.9 Å². The normalized spacial score (nSPS) is 12.6. The van der Waals surface area contributed by atoms with Gasteiger partial charge in [0, 0.05) is 5.56 Å². The van der Waals surface area contributed by atoms with Gasteiger partial charge in [-0.1, -0.05) is 24.6 Å². The summed E-state index contributed by atoms with van der Waals surface area (Å²) < 4.78 is 1.76. The number of nitrogen functional groups attached to an aromatic ring is 1. The van der Waals surface area contributed by atoms with Crippen molar-refractivity contribution in [2.75, 3.05) is 5.73 Å². The van der Waals surface area contributed by atoms with Gasteiger partial charge in [0.15, 0.2) is 5.82 Å². The maximum absolute atomic E-state index is 6.17. The molecule has 0 fully saturated rings. The molecule has 1 unspecified atom stereocenters. The molecule has 2 N–H and O–H groups in total. The van der Waals surface area contributed by atoms with Crippen LogP contribution in [0.5, 0.6) is 0 Å². The van der Waals surface area contributed by atoms with Crippen LogP contribution in [0.4, 0.5) is 5.69 Å². The van der Waals surface area contributed by atoms with Crippen LogP contribution in [0.15, 0.2) is 18.2 Å². The summed E-state index contributed by atoms with van der Waals surface area (Å²) in [6.07, 6.45) is 0.942. The molecule has 0 radical (unpaired) electrons. The van der Waals surface area contributed by atoms with Crippen molar-refractivity contribution in [3.63, 3.8) is 0 Å². The molecule has 0 bridgehead atoms. The van der Waals surface area contributed by atoms with Gasteiger partial charge < -0.3 is 5.73 Å². The van der Waals surface area contributed by atoms with Gasteiger partial charge in [-0.25, -0.2) is 4.68 Å². The van der Waals surface area contributed by atoms with Crippen molar-refractivity contribution in [3.8, 4) is 11.4 Å². The number of benzene rings is 1. The molecule has 6 heteroatoms. The topological polar surface area (TPSA) is 69.6 Å². The first kappa shape index (κ1) is 11.9. The number of rotatable bonds is 3. The fraction of sp³-hybridized carbons (Fsp3) is 0.364. The maximum atomic E-state index is 6.17. The van der Waals surface area contributed by atoms with E-state index < -0.39 is 0 Å². The summed E-state index contributed by atoms with van der Waals surface area (Å²) >= 11 is 6.17. The summed E-state index contributed by atoms with van der Waals surface area (Å²) in [5, 5.41) is 12.2. The zero-order chi connectivity index (χ0) is 12.4. The smallest absolute Gasteiger partial charge is 0.183 e. The molecule has 17 heavy (non-hydrogen) atoms. The van der Waals surface area contributed by atoms with Gasteiger partial charge in [-0.15, -0.1) is 5.10 Å². The molecule has 90 valence electrons. The summed E-state index contributed by atoms with van der Waals surface area (Å²) in [5.41, 5.74) is 7.07. The largest absolute Gasteiger partial charge is 0.398 e. The number of hydrogen-bond donors (Lipinski definition) is 1. The van der Waals surface area contributed by atoms with Crippen LogP contribution in [-0.2, 0) is 0 Å². The van der Waals surface area contributed by atoms with Gasteiger partial charge >= 0.3 is 0 Å². The van der Waals surface area contributed by atoms with Gasteiger partial charge in [0.25, 0.3) is 0 Å². The van der Waals surface area contributed by atoms with E-state index in [1.54, 1.807) is 10.7 Å². The SMILES string of the molecule is CCC(C)n1nnnc1-c1cccc(N)c1Cl. The average molecular weight is 252 g/mol. The lowest BCUT2D eigenvalue weighted by Gasteiger charge is -2.12.